The van der Waals surface area contributed by atoms with Gasteiger partial charge in [-0.3, -0.25) is 14.5 Å². The SMILES string of the molecule is CCOc1ccncc1-c1c(Cl)ncn1-c1ccc(C[SH](=O)=O)nc1. The molecule has 0 aliphatic rings. The van der Waals surface area contributed by atoms with E-state index in [1.54, 1.807) is 47.7 Å². The van der Waals surface area contributed by atoms with Gasteiger partial charge in [0, 0.05) is 12.4 Å². The van der Waals surface area contributed by atoms with Gasteiger partial charge in [0.1, 0.15) is 22.8 Å². The molecule has 25 heavy (non-hydrogen) atoms. The minimum atomic E-state index is -2.52. The van der Waals surface area contributed by atoms with E-state index in [1.807, 2.05) is 6.92 Å². The molecule has 0 amide bonds. The highest BCUT2D eigenvalue weighted by atomic mass is 35.5. The number of hydrogen-bond acceptors (Lipinski definition) is 6. The summed E-state index contributed by atoms with van der Waals surface area (Å²) in [5.41, 5.74) is 2.51. The van der Waals surface area contributed by atoms with Crippen LogP contribution < -0.4 is 4.74 Å². The molecule has 0 bridgehead atoms. The Morgan fingerprint density at radius 3 is 2.72 bits per heavy atom. The lowest BCUT2D eigenvalue weighted by Crippen LogP contribution is -2.01. The van der Waals surface area contributed by atoms with Crippen molar-refractivity contribution in [1.29, 1.82) is 0 Å². The highest BCUT2D eigenvalue weighted by Crippen LogP contribution is 2.35. The van der Waals surface area contributed by atoms with Crippen LogP contribution in [0.1, 0.15) is 12.6 Å². The minimum Gasteiger partial charge on any atom is -0.493 e. The number of thiol groups is 1. The minimum absolute atomic E-state index is 0.0930. The van der Waals surface area contributed by atoms with Gasteiger partial charge in [-0.05, 0) is 25.1 Å². The summed E-state index contributed by atoms with van der Waals surface area (Å²) in [7, 11) is -2.52. The van der Waals surface area contributed by atoms with Crippen molar-refractivity contribution in [2.75, 3.05) is 6.61 Å². The number of pyridine rings is 2. The lowest BCUT2D eigenvalue weighted by atomic mass is 10.2. The molecule has 3 heterocycles. The molecule has 0 N–H and O–H groups in total. The molecule has 0 saturated carbocycles. The van der Waals surface area contributed by atoms with Crippen molar-refractivity contribution < 1.29 is 13.2 Å². The second kappa shape index (κ2) is 7.62. The van der Waals surface area contributed by atoms with Crippen molar-refractivity contribution in [1.82, 2.24) is 19.5 Å². The Labute approximate surface area is 151 Å². The van der Waals surface area contributed by atoms with Gasteiger partial charge in [0.05, 0.1) is 41.2 Å². The van der Waals surface area contributed by atoms with Crippen LogP contribution in [0.4, 0.5) is 0 Å². The van der Waals surface area contributed by atoms with Gasteiger partial charge in [0.2, 0.25) is 0 Å². The Kier molecular flexibility index (Phi) is 5.30. The van der Waals surface area contributed by atoms with Gasteiger partial charge in [0.15, 0.2) is 5.15 Å². The van der Waals surface area contributed by atoms with Gasteiger partial charge < -0.3 is 4.74 Å². The molecule has 9 heteroatoms. The zero-order valence-electron chi connectivity index (χ0n) is 13.3. The predicted molar refractivity (Wildman–Crippen MR) is 94.8 cm³/mol. The topological polar surface area (TPSA) is 87.0 Å². The number of aromatic nitrogens is 4. The molecule has 0 fully saturated rings. The molecule has 0 aromatic carbocycles. The maximum atomic E-state index is 10.8. The average Bonchev–Trinajstić information content (AvgIpc) is 2.97. The number of halogens is 1. The van der Waals surface area contributed by atoms with E-state index < -0.39 is 10.7 Å². The van der Waals surface area contributed by atoms with Crippen molar-refractivity contribution in [3.63, 3.8) is 0 Å². The fourth-order valence-electron chi connectivity index (χ4n) is 2.39. The van der Waals surface area contributed by atoms with E-state index in [1.165, 1.54) is 0 Å². The summed E-state index contributed by atoms with van der Waals surface area (Å²) >= 11 is 6.29. The third-order valence-corrected chi connectivity index (χ3v) is 4.30. The smallest absolute Gasteiger partial charge is 0.155 e. The Hall–Kier alpha value is -2.45. The maximum absolute atomic E-state index is 10.8. The summed E-state index contributed by atoms with van der Waals surface area (Å²) in [6, 6.07) is 5.18. The van der Waals surface area contributed by atoms with Crippen LogP contribution in [0, 0.1) is 0 Å². The molecule has 0 atom stereocenters. The van der Waals surface area contributed by atoms with Crippen LogP contribution in [0.5, 0.6) is 5.75 Å². The van der Waals surface area contributed by atoms with Gasteiger partial charge in [0.25, 0.3) is 0 Å². The number of nitrogens with zero attached hydrogens (tertiary/aromatic N) is 4. The monoisotopic (exact) mass is 378 g/mol. The lowest BCUT2D eigenvalue weighted by molar-refractivity contribution is 0.341. The van der Waals surface area contributed by atoms with Crippen LogP contribution in [-0.4, -0.2) is 34.5 Å². The number of imidazole rings is 1. The van der Waals surface area contributed by atoms with Crippen LogP contribution in [0.25, 0.3) is 16.9 Å². The third kappa shape index (κ3) is 3.80. The summed E-state index contributed by atoms with van der Waals surface area (Å²) in [6.45, 7) is 2.40. The summed E-state index contributed by atoms with van der Waals surface area (Å²) in [5.74, 6) is 0.554. The molecule has 0 spiro atoms. The van der Waals surface area contributed by atoms with Crippen LogP contribution in [0.3, 0.4) is 0 Å². The van der Waals surface area contributed by atoms with Crippen molar-refractivity contribution in [2.24, 2.45) is 0 Å². The summed E-state index contributed by atoms with van der Waals surface area (Å²) in [5, 5.41) is 0.306. The molecule has 130 valence electrons. The molecule has 0 saturated heterocycles. The van der Waals surface area contributed by atoms with Crippen LogP contribution >= 0.6 is 11.6 Å². The Morgan fingerprint density at radius 2 is 2.04 bits per heavy atom. The quantitative estimate of drug-likeness (QED) is 0.663. The highest BCUT2D eigenvalue weighted by Gasteiger charge is 2.17. The predicted octanol–water partition coefficient (Wildman–Crippen LogP) is 2.49. The van der Waals surface area contributed by atoms with Gasteiger partial charge in [-0.25, -0.2) is 13.4 Å². The molecule has 0 aliphatic carbocycles. The largest absolute Gasteiger partial charge is 0.493 e. The van der Waals surface area contributed by atoms with E-state index in [0.717, 1.165) is 0 Å². The summed E-state index contributed by atoms with van der Waals surface area (Å²) in [4.78, 5) is 12.5. The van der Waals surface area contributed by atoms with Gasteiger partial charge >= 0.3 is 0 Å². The van der Waals surface area contributed by atoms with E-state index in [4.69, 9.17) is 16.3 Å². The Morgan fingerprint density at radius 1 is 1.20 bits per heavy atom. The second-order valence-corrected chi connectivity index (χ2v) is 6.40. The fourth-order valence-corrected chi connectivity index (χ4v) is 3.08. The normalized spacial score (nSPS) is 11.0. The molecular formula is C16H15ClN4O3S. The summed E-state index contributed by atoms with van der Waals surface area (Å²) < 4.78 is 29.0. The molecule has 0 aliphatic heterocycles. The molecule has 3 aromatic rings. The van der Waals surface area contributed by atoms with Gasteiger partial charge in [-0.2, -0.15) is 0 Å². The van der Waals surface area contributed by atoms with Crippen LogP contribution in [0.15, 0.2) is 43.1 Å². The second-order valence-electron chi connectivity index (χ2n) is 5.06. The van der Waals surface area contributed by atoms with E-state index >= 15 is 0 Å². The van der Waals surface area contributed by atoms with Crippen molar-refractivity contribution in [3.05, 3.63) is 54.0 Å². The van der Waals surface area contributed by atoms with Gasteiger partial charge in [-0.1, -0.05) is 11.6 Å². The van der Waals surface area contributed by atoms with E-state index in [2.05, 4.69) is 15.0 Å². The number of rotatable bonds is 6. The van der Waals surface area contributed by atoms with E-state index in [9.17, 15) is 8.42 Å². The zero-order valence-corrected chi connectivity index (χ0v) is 14.9. The fraction of sp³-hybridized carbons (Fsp3) is 0.188. The molecule has 0 unspecified atom stereocenters. The highest BCUT2D eigenvalue weighted by molar-refractivity contribution is 7.71. The van der Waals surface area contributed by atoms with E-state index in [0.29, 0.717) is 40.1 Å². The lowest BCUT2D eigenvalue weighted by Gasteiger charge is -2.12. The van der Waals surface area contributed by atoms with Crippen molar-refractivity contribution >= 4 is 22.3 Å². The molecule has 3 aromatic heterocycles. The molecule has 7 nitrogen and oxygen atoms in total. The van der Waals surface area contributed by atoms with Gasteiger partial charge in [-0.15, -0.1) is 0 Å². The molecule has 0 radical (unpaired) electrons. The average molecular weight is 379 g/mol. The Bertz CT molecular complexity index is 946. The maximum Gasteiger partial charge on any atom is 0.155 e. The molecular weight excluding hydrogens is 364 g/mol. The summed E-state index contributed by atoms with van der Waals surface area (Å²) in [6.07, 6.45) is 6.45. The van der Waals surface area contributed by atoms with Crippen molar-refractivity contribution in [3.8, 4) is 22.7 Å². The Balaban J connectivity index is 2.06. The van der Waals surface area contributed by atoms with E-state index in [-0.39, 0.29) is 5.75 Å². The first-order valence-corrected chi connectivity index (χ1v) is 9.21. The first kappa shape index (κ1) is 17.4. The number of hydrogen-bond donors (Lipinski definition) is 1. The molecule has 3 rings (SSSR count). The zero-order chi connectivity index (χ0) is 17.8. The van der Waals surface area contributed by atoms with Crippen molar-refractivity contribution in [2.45, 2.75) is 12.7 Å². The first-order valence-electron chi connectivity index (χ1n) is 7.47. The van der Waals surface area contributed by atoms with Crippen LogP contribution in [-0.2, 0) is 16.5 Å². The number of ether oxygens (including phenoxy) is 1. The first-order chi connectivity index (χ1) is 12.1. The standard InChI is InChI=1S/C16H15ClN4O3S/c1-2-24-14-5-6-18-8-13(14)15-16(17)20-10-21(15)12-4-3-11(19-7-12)9-25(22)23/h3-8,10,25H,2,9H2,1H3. The third-order valence-electron chi connectivity index (χ3n) is 3.44. The van der Waals surface area contributed by atoms with Crippen LogP contribution in [0.2, 0.25) is 5.15 Å².